The Balaban J connectivity index is 1.48. The maximum atomic E-state index is 13.9. The minimum Gasteiger partial charge on any atom is -0.497 e. The fraction of sp³-hybridized carbons (Fsp3) is 0.562. The quantitative estimate of drug-likeness (QED) is 0.334. The summed E-state index contributed by atoms with van der Waals surface area (Å²) in [5.41, 5.74) is 1.03. The van der Waals surface area contributed by atoms with Gasteiger partial charge in [0, 0.05) is 44.1 Å². The number of carbonyl (C=O) groups is 1. The van der Waals surface area contributed by atoms with Crippen LogP contribution in [0.5, 0.6) is 11.5 Å². The summed E-state index contributed by atoms with van der Waals surface area (Å²) in [6.45, 7) is 9.23. The highest BCUT2D eigenvalue weighted by Gasteiger charge is 2.44. The third-order valence-corrected chi connectivity index (χ3v) is 8.41. The van der Waals surface area contributed by atoms with Crippen LogP contribution in [0.15, 0.2) is 42.5 Å². The van der Waals surface area contributed by atoms with E-state index in [4.69, 9.17) is 14.7 Å². The Morgan fingerprint density at radius 1 is 1.05 bits per heavy atom. The maximum absolute atomic E-state index is 13.9. The Morgan fingerprint density at radius 2 is 1.73 bits per heavy atom. The van der Waals surface area contributed by atoms with Crippen molar-refractivity contribution in [2.24, 2.45) is 5.92 Å². The molecule has 0 bridgehead atoms. The van der Waals surface area contributed by atoms with Crippen molar-refractivity contribution in [2.75, 3.05) is 39.9 Å². The van der Waals surface area contributed by atoms with Crippen LogP contribution in [0.1, 0.15) is 75.0 Å². The Bertz CT molecular complexity index is 1230. The summed E-state index contributed by atoms with van der Waals surface area (Å²) in [6.07, 6.45) is -2.45. The molecule has 6 nitrogen and oxygen atoms in total. The number of methoxy groups -OCH3 is 1. The van der Waals surface area contributed by atoms with E-state index >= 15 is 0 Å². The standard InChI is InChI=1S/C32H40F3N3O3/c1-31(2,3)38-20-27(22-7-10-25(40-4)11-8-22)28(21-38)30(39)37-16-13-23(14-17-37)26-12-9-24(32(33,34)35)19-29(26)41-18-6-5-15-36/h7-12,19,23,27-28H,5-6,13-14,16-18,20-21H2,1-4H3/t27-,28?/m0/s1. The van der Waals surface area contributed by atoms with Crippen molar-refractivity contribution in [1.29, 1.82) is 5.26 Å². The number of rotatable bonds is 8. The summed E-state index contributed by atoms with van der Waals surface area (Å²) in [5, 5.41) is 8.78. The third kappa shape index (κ3) is 7.34. The fourth-order valence-electron chi connectivity index (χ4n) is 5.94. The lowest BCUT2D eigenvalue weighted by molar-refractivity contribution is -0.138. The number of hydrogen-bond donors (Lipinski definition) is 0. The van der Waals surface area contributed by atoms with E-state index in [1.165, 1.54) is 6.07 Å². The molecule has 0 N–H and O–H groups in total. The summed E-state index contributed by atoms with van der Waals surface area (Å²) in [5.74, 6) is 1.01. The molecule has 2 aliphatic rings. The van der Waals surface area contributed by atoms with Crippen molar-refractivity contribution in [3.8, 4) is 17.6 Å². The number of likely N-dealkylation sites (tertiary alicyclic amines) is 2. The zero-order valence-corrected chi connectivity index (χ0v) is 24.3. The molecule has 2 fully saturated rings. The smallest absolute Gasteiger partial charge is 0.416 e. The number of alkyl halides is 3. The molecule has 0 aliphatic carbocycles. The fourth-order valence-corrected chi connectivity index (χ4v) is 5.94. The van der Waals surface area contributed by atoms with Crippen molar-refractivity contribution >= 4 is 5.91 Å². The molecule has 2 saturated heterocycles. The predicted octanol–water partition coefficient (Wildman–Crippen LogP) is 6.62. The van der Waals surface area contributed by atoms with Gasteiger partial charge in [0.25, 0.3) is 0 Å². The molecule has 4 rings (SSSR count). The zero-order chi connectivity index (χ0) is 29.8. The van der Waals surface area contributed by atoms with Crippen molar-refractivity contribution < 1.29 is 27.4 Å². The molecule has 2 aromatic carbocycles. The van der Waals surface area contributed by atoms with E-state index in [1.807, 2.05) is 35.2 Å². The van der Waals surface area contributed by atoms with E-state index in [1.54, 1.807) is 7.11 Å². The van der Waals surface area contributed by atoms with Crippen LogP contribution in [0.25, 0.3) is 0 Å². The summed E-state index contributed by atoms with van der Waals surface area (Å²) in [4.78, 5) is 18.2. The first-order chi connectivity index (χ1) is 19.4. The molecular formula is C32H40F3N3O3. The number of halogens is 3. The lowest BCUT2D eigenvalue weighted by atomic mass is 9.85. The first-order valence-corrected chi connectivity index (χ1v) is 14.3. The van der Waals surface area contributed by atoms with Crippen molar-refractivity contribution in [2.45, 2.75) is 70.0 Å². The van der Waals surface area contributed by atoms with Gasteiger partial charge in [-0.05, 0) is 81.3 Å². The van der Waals surface area contributed by atoms with Gasteiger partial charge >= 0.3 is 6.18 Å². The second-order valence-electron chi connectivity index (χ2n) is 12.0. The van der Waals surface area contributed by atoms with Crippen LogP contribution in [-0.2, 0) is 11.0 Å². The lowest BCUT2D eigenvalue weighted by Gasteiger charge is -2.35. The molecule has 1 amide bonds. The highest BCUT2D eigenvalue weighted by Crippen LogP contribution is 2.41. The van der Waals surface area contributed by atoms with Gasteiger partial charge in [-0.25, -0.2) is 0 Å². The Kier molecular flexibility index (Phi) is 9.53. The topological polar surface area (TPSA) is 65.8 Å². The minimum absolute atomic E-state index is 0.0145. The third-order valence-electron chi connectivity index (χ3n) is 8.41. The molecule has 2 aliphatic heterocycles. The molecule has 1 unspecified atom stereocenters. The second kappa shape index (κ2) is 12.7. The molecule has 0 radical (unpaired) electrons. The van der Waals surface area contributed by atoms with Gasteiger partial charge in [-0.3, -0.25) is 9.69 Å². The number of amides is 1. The lowest BCUT2D eigenvalue weighted by Crippen LogP contribution is -2.44. The predicted molar refractivity (Wildman–Crippen MR) is 151 cm³/mol. The normalized spacial score (nSPS) is 20.6. The number of nitrogens with zero attached hydrogens (tertiary/aromatic N) is 3. The number of nitriles is 1. The average Bonchev–Trinajstić information content (AvgIpc) is 3.41. The molecule has 2 aromatic rings. The van der Waals surface area contributed by atoms with Gasteiger partial charge in [0.1, 0.15) is 11.5 Å². The molecule has 222 valence electrons. The van der Waals surface area contributed by atoms with Crippen LogP contribution in [0.4, 0.5) is 13.2 Å². The van der Waals surface area contributed by atoms with Crippen LogP contribution in [0.2, 0.25) is 0 Å². The number of carbonyl (C=O) groups excluding carboxylic acids is 1. The molecule has 41 heavy (non-hydrogen) atoms. The largest absolute Gasteiger partial charge is 0.497 e. The molecule has 2 atom stereocenters. The zero-order valence-electron chi connectivity index (χ0n) is 24.3. The van der Waals surface area contributed by atoms with Gasteiger partial charge in [-0.1, -0.05) is 18.2 Å². The minimum atomic E-state index is -4.47. The molecule has 9 heteroatoms. The Morgan fingerprint density at radius 3 is 2.32 bits per heavy atom. The number of piperidine rings is 1. The molecule has 0 spiro atoms. The monoisotopic (exact) mass is 571 g/mol. The summed E-state index contributed by atoms with van der Waals surface area (Å²) in [7, 11) is 1.64. The van der Waals surface area contributed by atoms with E-state index in [2.05, 4.69) is 25.7 Å². The molecule has 0 saturated carbocycles. The van der Waals surface area contributed by atoms with Crippen molar-refractivity contribution in [1.82, 2.24) is 9.80 Å². The maximum Gasteiger partial charge on any atom is 0.416 e. The molecule has 2 heterocycles. The summed E-state index contributed by atoms with van der Waals surface area (Å²) < 4.78 is 51.3. The van der Waals surface area contributed by atoms with Crippen LogP contribution in [0, 0.1) is 17.2 Å². The van der Waals surface area contributed by atoms with E-state index in [9.17, 15) is 18.0 Å². The Hall–Kier alpha value is -3.25. The van der Waals surface area contributed by atoms with Gasteiger partial charge in [-0.2, -0.15) is 18.4 Å². The van der Waals surface area contributed by atoms with Crippen molar-refractivity contribution in [3.63, 3.8) is 0 Å². The summed E-state index contributed by atoms with van der Waals surface area (Å²) in [6, 6.07) is 13.7. The van der Waals surface area contributed by atoms with E-state index in [0.717, 1.165) is 35.6 Å². The van der Waals surface area contributed by atoms with Gasteiger partial charge in [0.05, 0.1) is 31.3 Å². The average molecular weight is 572 g/mol. The van der Waals surface area contributed by atoms with Crippen LogP contribution >= 0.6 is 0 Å². The molecule has 0 aromatic heterocycles. The SMILES string of the molecule is COc1ccc([C@@H]2CN(C(C)(C)C)CC2C(=O)N2CCC(c3ccc(C(F)(F)F)cc3OCCCC#N)CC2)cc1. The van der Waals surface area contributed by atoms with Crippen molar-refractivity contribution in [3.05, 3.63) is 59.2 Å². The van der Waals surface area contributed by atoms with Gasteiger partial charge in [0.15, 0.2) is 0 Å². The molecular weight excluding hydrogens is 531 g/mol. The number of benzene rings is 2. The van der Waals surface area contributed by atoms with E-state index in [-0.39, 0.29) is 48.0 Å². The van der Waals surface area contributed by atoms with Gasteiger partial charge < -0.3 is 14.4 Å². The van der Waals surface area contributed by atoms with Crippen LogP contribution in [0.3, 0.4) is 0 Å². The number of ether oxygens (including phenoxy) is 2. The number of unbranched alkanes of at least 4 members (excludes halogenated alkanes) is 1. The second-order valence-corrected chi connectivity index (χ2v) is 12.0. The van der Waals surface area contributed by atoms with Crippen LogP contribution < -0.4 is 9.47 Å². The first-order valence-electron chi connectivity index (χ1n) is 14.3. The highest BCUT2D eigenvalue weighted by atomic mass is 19.4. The van der Waals surface area contributed by atoms with E-state index in [0.29, 0.717) is 38.9 Å². The van der Waals surface area contributed by atoms with Gasteiger partial charge in [0.2, 0.25) is 5.91 Å². The van der Waals surface area contributed by atoms with E-state index < -0.39 is 11.7 Å². The Labute approximate surface area is 241 Å². The highest BCUT2D eigenvalue weighted by molar-refractivity contribution is 5.81. The summed E-state index contributed by atoms with van der Waals surface area (Å²) >= 11 is 0. The first kappa shape index (κ1) is 30.7. The van der Waals surface area contributed by atoms with Gasteiger partial charge in [-0.15, -0.1) is 0 Å². The number of hydrogen-bond acceptors (Lipinski definition) is 5. The van der Waals surface area contributed by atoms with Crippen LogP contribution in [-0.4, -0.2) is 61.1 Å².